The van der Waals surface area contributed by atoms with Crippen LogP contribution in [0.4, 0.5) is 17.1 Å². The monoisotopic (exact) mass is 579 g/mol. The quantitative estimate of drug-likeness (QED) is 0.274. The molecule has 4 rings (SSSR count). The average Bonchev–Trinajstić information content (AvgIpc) is 2.94. The van der Waals surface area contributed by atoms with Crippen LogP contribution in [0.1, 0.15) is 11.1 Å². The van der Waals surface area contributed by atoms with Crippen LogP contribution in [0.3, 0.4) is 0 Å². The molecule has 9 nitrogen and oxygen atoms in total. The van der Waals surface area contributed by atoms with Gasteiger partial charge in [0.15, 0.2) is 0 Å². The third kappa shape index (κ3) is 6.61. The highest BCUT2D eigenvalue weighted by Gasteiger charge is 2.27. The summed E-state index contributed by atoms with van der Waals surface area (Å²) in [4.78, 5) is 13.0. The topological polar surface area (TPSA) is 122 Å². The van der Waals surface area contributed by atoms with Gasteiger partial charge in [-0.1, -0.05) is 35.9 Å². The van der Waals surface area contributed by atoms with E-state index in [-0.39, 0.29) is 9.79 Å². The minimum Gasteiger partial charge on any atom is -0.497 e. The van der Waals surface area contributed by atoms with Crippen LogP contribution in [0.2, 0.25) is 0 Å². The van der Waals surface area contributed by atoms with E-state index in [1.807, 2.05) is 26.0 Å². The largest absolute Gasteiger partial charge is 0.497 e. The second-order valence-electron chi connectivity index (χ2n) is 9.02. The van der Waals surface area contributed by atoms with Gasteiger partial charge in [0.05, 0.1) is 28.3 Å². The Balaban J connectivity index is 1.51. The highest BCUT2D eigenvalue weighted by Crippen LogP contribution is 2.26. The molecule has 0 heterocycles. The van der Waals surface area contributed by atoms with Crippen LogP contribution in [0.15, 0.2) is 107 Å². The number of para-hydroxylation sites is 1. The Bertz CT molecular complexity index is 1710. The molecule has 4 aromatic rings. The number of carbonyl (C=O) groups is 1. The average molecular weight is 580 g/mol. The zero-order valence-electron chi connectivity index (χ0n) is 22.2. The van der Waals surface area contributed by atoms with Gasteiger partial charge >= 0.3 is 0 Å². The second-order valence-corrected chi connectivity index (χ2v) is 12.6. The molecule has 0 aliphatic rings. The van der Waals surface area contributed by atoms with E-state index in [4.69, 9.17) is 4.74 Å². The molecule has 0 aromatic heterocycles. The first kappa shape index (κ1) is 28.7. The van der Waals surface area contributed by atoms with E-state index in [1.54, 1.807) is 36.4 Å². The van der Waals surface area contributed by atoms with Gasteiger partial charge in [0, 0.05) is 5.69 Å². The Labute approximate surface area is 234 Å². The zero-order chi connectivity index (χ0) is 28.9. The number of amides is 1. The molecule has 0 unspecified atom stereocenters. The molecular formula is C29H29N3O6S2. The van der Waals surface area contributed by atoms with Gasteiger partial charge in [0.25, 0.3) is 20.0 Å². The summed E-state index contributed by atoms with van der Waals surface area (Å²) >= 11 is 0. The van der Waals surface area contributed by atoms with E-state index in [0.717, 1.165) is 15.4 Å². The van der Waals surface area contributed by atoms with Crippen molar-refractivity contribution in [2.24, 2.45) is 0 Å². The van der Waals surface area contributed by atoms with Crippen molar-refractivity contribution in [2.75, 3.05) is 28.0 Å². The lowest BCUT2D eigenvalue weighted by atomic mass is 10.1. The van der Waals surface area contributed by atoms with Crippen molar-refractivity contribution in [1.82, 2.24) is 0 Å². The second kappa shape index (κ2) is 11.8. The van der Waals surface area contributed by atoms with Crippen LogP contribution in [0.5, 0.6) is 5.75 Å². The van der Waals surface area contributed by atoms with Crippen molar-refractivity contribution in [2.45, 2.75) is 23.6 Å². The van der Waals surface area contributed by atoms with Gasteiger partial charge in [0.1, 0.15) is 12.3 Å². The minimum absolute atomic E-state index is 0.00386. The summed E-state index contributed by atoms with van der Waals surface area (Å²) < 4.78 is 61.5. The molecule has 0 aliphatic heterocycles. The third-order valence-corrected chi connectivity index (χ3v) is 9.22. The lowest BCUT2D eigenvalue weighted by molar-refractivity contribution is -0.114. The van der Waals surface area contributed by atoms with Crippen LogP contribution < -0.4 is 19.1 Å². The van der Waals surface area contributed by atoms with Gasteiger partial charge in [-0.3, -0.25) is 13.8 Å². The molecule has 0 saturated carbocycles. The van der Waals surface area contributed by atoms with Gasteiger partial charge in [0.2, 0.25) is 5.91 Å². The molecule has 0 spiro atoms. The van der Waals surface area contributed by atoms with Crippen molar-refractivity contribution in [3.05, 3.63) is 108 Å². The first-order valence-corrected chi connectivity index (χ1v) is 15.1. The molecule has 0 bridgehead atoms. The van der Waals surface area contributed by atoms with Crippen molar-refractivity contribution in [3.8, 4) is 5.75 Å². The molecule has 0 atom stereocenters. The van der Waals surface area contributed by atoms with E-state index in [9.17, 15) is 21.6 Å². The fourth-order valence-electron chi connectivity index (χ4n) is 3.96. The maximum absolute atomic E-state index is 13.5. The molecule has 0 radical (unpaired) electrons. The van der Waals surface area contributed by atoms with Crippen molar-refractivity contribution >= 4 is 43.0 Å². The lowest BCUT2D eigenvalue weighted by Gasteiger charge is -2.24. The van der Waals surface area contributed by atoms with E-state index >= 15 is 0 Å². The molecule has 1 amide bonds. The van der Waals surface area contributed by atoms with Gasteiger partial charge in [-0.25, -0.2) is 16.8 Å². The SMILES string of the molecule is COc1ccc(S(=O)(=O)N(CC(=O)Nc2ccc(S(=O)(=O)Nc3ccc(C)cc3C)cc2)c2ccccc2)cc1. The fourth-order valence-corrected chi connectivity index (χ4v) is 6.52. The predicted octanol–water partition coefficient (Wildman–Crippen LogP) is 4.95. The van der Waals surface area contributed by atoms with Gasteiger partial charge in [-0.15, -0.1) is 0 Å². The summed E-state index contributed by atoms with van der Waals surface area (Å²) in [5.41, 5.74) is 2.91. The number of methoxy groups -OCH3 is 1. The number of benzene rings is 4. The smallest absolute Gasteiger partial charge is 0.264 e. The van der Waals surface area contributed by atoms with Crippen molar-refractivity contribution in [3.63, 3.8) is 0 Å². The Morgan fingerprint density at radius 2 is 1.43 bits per heavy atom. The van der Waals surface area contributed by atoms with Crippen LogP contribution in [-0.2, 0) is 24.8 Å². The molecule has 11 heteroatoms. The number of rotatable bonds is 10. The zero-order valence-corrected chi connectivity index (χ0v) is 23.8. The maximum Gasteiger partial charge on any atom is 0.264 e. The summed E-state index contributed by atoms with van der Waals surface area (Å²) in [6, 6.07) is 25.2. The summed E-state index contributed by atoms with van der Waals surface area (Å²) in [6.45, 7) is 3.23. The highest BCUT2D eigenvalue weighted by atomic mass is 32.2. The number of nitrogens with one attached hydrogen (secondary N) is 2. The standard InChI is InChI=1S/C29H29N3O6S2/c1-21-9-18-28(22(2)19-21)31-39(34,35)26-14-10-23(11-15-26)30-29(33)20-32(24-7-5-4-6-8-24)40(36,37)27-16-12-25(38-3)13-17-27/h4-19,31H,20H2,1-3H3,(H,30,33). The third-order valence-electron chi connectivity index (χ3n) is 6.05. The molecule has 208 valence electrons. The van der Waals surface area contributed by atoms with Crippen LogP contribution >= 0.6 is 0 Å². The number of carbonyl (C=O) groups excluding carboxylic acids is 1. The summed E-state index contributed by atoms with van der Waals surface area (Å²) in [5, 5.41) is 2.65. The minimum atomic E-state index is -4.10. The first-order chi connectivity index (χ1) is 19.0. The molecule has 4 aromatic carbocycles. The van der Waals surface area contributed by atoms with E-state index in [2.05, 4.69) is 10.0 Å². The molecular weight excluding hydrogens is 550 g/mol. The van der Waals surface area contributed by atoms with Gasteiger partial charge in [-0.2, -0.15) is 0 Å². The Morgan fingerprint density at radius 3 is 2.02 bits per heavy atom. The summed E-state index contributed by atoms with van der Waals surface area (Å²) in [5.74, 6) is -0.109. The number of hydrogen-bond donors (Lipinski definition) is 2. The number of aryl methyl sites for hydroxylation is 2. The highest BCUT2D eigenvalue weighted by molar-refractivity contribution is 7.93. The number of nitrogens with zero attached hydrogens (tertiary/aromatic N) is 1. The first-order valence-electron chi connectivity index (χ1n) is 12.2. The van der Waals surface area contributed by atoms with Crippen LogP contribution in [0, 0.1) is 13.8 Å². The Hall–Kier alpha value is -4.35. The number of sulfonamides is 2. The van der Waals surface area contributed by atoms with Crippen LogP contribution in [0.25, 0.3) is 0 Å². The number of hydrogen-bond acceptors (Lipinski definition) is 6. The Morgan fingerprint density at radius 1 is 0.800 bits per heavy atom. The predicted molar refractivity (Wildman–Crippen MR) is 156 cm³/mol. The van der Waals surface area contributed by atoms with E-state index in [0.29, 0.717) is 22.8 Å². The lowest BCUT2D eigenvalue weighted by Crippen LogP contribution is -2.38. The van der Waals surface area contributed by atoms with Crippen molar-refractivity contribution < 1.29 is 26.4 Å². The number of anilines is 3. The van der Waals surface area contributed by atoms with Crippen molar-refractivity contribution in [1.29, 1.82) is 0 Å². The van der Waals surface area contributed by atoms with E-state index in [1.165, 1.54) is 55.6 Å². The maximum atomic E-state index is 13.5. The molecule has 0 saturated heterocycles. The molecule has 40 heavy (non-hydrogen) atoms. The van der Waals surface area contributed by atoms with Crippen LogP contribution in [-0.4, -0.2) is 36.4 Å². The summed E-state index contributed by atoms with van der Waals surface area (Å²) in [6.07, 6.45) is 0. The molecule has 0 aliphatic carbocycles. The Kier molecular flexibility index (Phi) is 8.46. The van der Waals surface area contributed by atoms with Gasteiger partial charge in [-0.05, 0) is 86.1 Å². The normalized spacial score (nSPS) is 11.5. The number of ether oxygens (including phenoxy) is 1. The molecule has 0 fully saturated rings. The summed E-state index contributed by atoms with van der Waals surface area (Å²) in [7, 11) is -6.48. The molecule has 2 N–H and O–H groups in total. The van der Waals surface area contributed by atoms with E-state index < -0.39 is 32.5 Å². The van der Waals surface area contributed by atoms with Gasteiger partial charge < -0.3 is 10.1 Å². The fraction of sp³-hybridized carbons (Fsp3) is 0.138.